The molecule has 1 aliphatic carbocycles. The summed E-state index contributed by atoms with van der Waals surface area (Å²) in [5.41, 5.74) is 2.38. The van der Waals surface area contributed by atoms with Gasteiger partial charge in [-0.05, 0) is 80.6 Å². The van der Waals surface area contributed by atoms with Gasteiger partial charge < -0.3 is 5.32 Å². The maximum absolute atomic E-state index is 13.5. The number of aromatic nitrogens is 1. The molecule has 0 radical (unpaired) electrons. The molecule has 1 aliphatic heterocycles. The molecule has 226 valence electrons. The van der Waals surface area contributed by atoms with Crippen LogP contribution in [0.3, 0.4) is 0 Å². The summed E-state index contributed by atoms with van der Waals surface area (Å²) in [6.45, 7) is 3.47. The lowest BCUT2D eigenvalue weighted by Gasteiger charge is -2.21. The summed E-state index contributed by atoms with van der Waals surface area (Å²) in [6.07, 6.45) is 7.98. The first-order chi connectivity index (χ1) is 21.2. The maximum atomic E-state index is 13.5. The van der Waals surface area contributed by atoms with Crippen molar-refractivity contribution in [2.45, 2.75) is 57.9 Å². The standard InChI is InChI=1S/C31H28Cl2N6O3S2/c1-17(2)34-30(41)39-28(40)25(38(31(39)42)23-13-20(32)12-21(33)14-23)15-24-16-26-27(43-24)35-29(44-26)37-36-22-10-8-19(9-11-22)18-6-4-3-5-7-18/h8-18H,3-7H2,1-2H3,(H,34,41)/b25-15+,37-36?. The molecular weight excluding hydrogens is 639 g/mol. The Morgan fingerprint density at radius 1 is 1.00 bits per heavy atom. The molecule has 0 bridgehead atoms. The smallest absolute Gasteiger partial charge is 0.335 e. The van der Waals surface area contributed by atoms with Gasteiger partial charge in [-0.3, -0.25) is 9.69 Å². The van der Waals surface area contributed by atoms with E-state index < -0.39 is 18.0 Å². The maximum Gasteiger partial charge on any atom is 0.344 e. The van der Waals surface area contributed by atoms with Crippen LogP contribution in [0.1, 0.15) is 62.3 Å². The second-order valence-corrected chi connectivity index (χ2v) is 13.9. The predicted octanol–water partition coefficient (Wildman–Crippen LogP) is 10.1. The highest BCUT2D eigenvalue weighted by Crippen LogP contribution is 2.39. The highest BCUT2D eigenvalue weighted by Gasteiger charge is 2.46. The van der Waals surface area contributed by atoms with E-state index in [1.807, 2.05) is 18.2 Å². The Labute approximate surface area is 272 Å². The van der Waals surface area contributed by atoms with Crippen molar-refractivity contribution in [3.05, 3.63) is 74.7 Å². The van der Waals surface area contributed by atoms with Crippen LogP contribution in [0.15, 0.2) is 64.5 Å². The number of azo groups is 1. The number of hydrogen-bond acceptors (Lipinski definition) is 8. The van der Waals surface area contributed by atoms with Crippen LogP contribution in [0.2, 0.25) is 10.0 Å². The van der Waals surface area contributed by atoms with Crippen molar-refractivity contribution in [2.75, 3.05) is 4.90 Å². The Kier molecular flexibility index (Phi) is 8.82. The minimum atomic E-state index is -0.830. The van der Waals surface area contributed by atoms with E-state index in [2.05, 4.69) is 32.7 Å². The van der Waals surface area contributed by atoms with Crippen molar-refractivity contribution >= 4 is 96.0 Å². The highest BCUT2D eigenvalue weighted by atomic mass is 35.5. The Morgan fingerprint density at radius 2 is 1.70 bits per heavy atom. The predicted molar refractivity (Wildman–Crippen MR) is 177 cm³/mol. The number of urea groups is 2. The van der Waals surface area contributed by atoms with Gasteiger partial charge in [0.05, 0.1) is 16.1 Å². The summed E-state index contributed by atoms with van der Waals surface area (Å²) >= 11 is 15.1. The zero-order valence-electron chi connectivity index (χ0n) is 23.9. The van der Waals surface area contributed by atoms with Gasteiger partial charge in [0.2, 0.25) is 5.13 Å². The molecule has 3 heterocycles. The highest BCUT2D eigenvalue weighted by molar-refractivity contribution is 7.29. The van der Waals surface area contributed by atoms with Crippen LogP contribution in [0.25, 0.3) is 15.6 Å². The molecule has 0 spiro atoms. The molecule has 13 heteroatoms. The van der Waals surface area contributed by atoms with Crippen LogP contribution in [0.4, 0.5) is 26.1 Å². The fourth-order valence-corrected chi connectivity index (χ4v) is 7.87. The second kappa shape index (κ2) is 12.8. The van der Waals surface area contributed by atoms with Crippen LogP contribution in [-0.4, -0.2) is 33.9 Å². The first-order valence-electron chi connectivity index (χ1n) is 14.2. The van der Waals surface area contributed by atoms with E-state index in [9.17, 15) is 14.4 Å². The summed E-state index contributed by atoms with van der Waals surface area (Å²) in [4.78, 5) is 47.4. The lowest BCUT2D eigenvalue weighted by atomic mass is 9.84. The Hall–Kier alpha value is -3.64. The number of benzene rings is 2. The van der Waals surface area contributed by atoms with Crippen molar-refractivity contribution in [1.29, 1.82) is 0 Å². The first-order valence-corrected chi connectivity index (χ1v) is 16.6. The number of carbonyl (C=O) groups is 3. The van der Waals surface area contributed by atoms with Gasteiger partial charge >= 0.3 is 12.1 Å². The lowest BCUT2D eigenvalue weighted by Crippen LogP contribution is -2.46. The van der Waals surface area contributed by atoms with Crippen LogP contribution in [0.5, 0.6) is 0 Å². The number of anilines is 1. The second-order valence-electron chi connectivity index (χ2n) is 11.0. The number of carbonyl (C=O) groups excluding carboxylic acids is 3. The molecule has 6 rings (SSSR count). The molecule has 2 aliphatic rings. The van der Waals surface area contributed by atoms with Crippen molar-refractivity contribution in [2.24, 2.45) is 10.2 Å². The van der Waals surface area contributed by atoms with E-state index in [0.717, 1.165) is 15.3 Å². The SMILES string of the molecule is CC(C)NC(=O)N1C(=O)/C(=C\c2cc3sc(N=Nc4ccc(C5CCCCC5)cc4)nc3s2)N(c2cc(Cl)cc(Cl)c2)C1=O. The number of amides is 5. The molecule has 1 saturated heterocycles. The van der Waals surface area contributed by atoms with E-state index >= 15 is 0 Å². The number of thiazole rings is 1. The van der Waals surface area contributed by atoms with Gasteiger partial charge in [0.15, 0.2) is 0 Å². The molecule has 0 atom stereocenters. The number of fused-ring (bicyclic) bond motifs is 1. The summed E-state index contributed by atoms with van der Waals surface area (Å²) in [5, 5.41) is 12.4. The zero-order valence-corrected chi connectivity index (χ0v) is 27.1. The first kappa shape index (κ1) is 30.4. The summed E-state index contributed by atoms with van der Waals surface area (Å²) in [7, 11) is 0. The number of nitrogens with zero attached hydrogens (tertiary/aromatic N) is 5. The van der Waals surface area contributed by atoms with Gasteiger partial charge in [-0.1, -0.05) is 65.9 Å². The number of thiophene rings is 1. The van der Waals surface area contributed by atoms with E-state index in [-0.39, 0.29) is 27.5 Å². The van der Waals surface area contributed by atoms with E-state index in [1.54, 1.807) is 19.9 Å². The van der Waals surface area contributed by atoms with Gasteiger partial charge in [0.1, 0.15) is 10.5 Å². The Bertz CT molecular complexity index is 1760. The Morgan fingerprint density at radius 3 is 2.36 bits per heavy atom. The van der Waals surface area contributed by atoms with Crippen LogP contribution >= 0.6 is 45.9 Å². The Balaban J connectivity index is 1.25. The molecule has 2 aromatic carbocycles. The van der Waals surface area contributed by atoms with Crippen molar-refractivity contribution in [3.8, 4) is 0 Å². The molecule has 2 fully saturated rings. The topological polar surface area (TPSA) is 107 Å². The quantitative estimate of drug-likeness (QED) is 0.125. The van der Waals surface area contributed by atoms with E-state index in [1.165, 1.54) is 78.5 Å². The normalized spacial score (nSPS) is 17.2. The molecule has 0 unspecified atom stereocenters. The van der Waals surface area contributed by atoms with Gasteiger partial charge in [-0.25, -0.2) is 14.6 Å². The number of nitrogens with one attached hydrogen (secondary N) is 1. The largest absolute Gasteiger partial charge is 0.344 e. The minimum Gasteiger partial charge on any atom is -0.335 e. The lowest BCUT2D eigenvalue weighted by molar-refractivity contribution is -0.120. The molecule has 5 amide bonds. The third kappa shape index (κ3) is 6.41. The number of rotatable bonds is 6. The van der Waals surface area contributed by atoms with Crippen LogP contribution in [-0.2, 0) is 4.79 Å². The van der Waals surface area contributed by atoms with E-state index in [4.69, 9.17) is 23.2 Å². The summed E-state index contributed by atoms with van der Waals surface area (Å²) in [5.74, 6) is -0.129. The van der Waals surface area contributed by atoms with Gasteiger partial charge in [-0.15, -0.1) is 21.6 Å². The number of imide groups is 3. The minimum absolute atomic E-state index is 0.0160. The summed E-state index contributed by atoms with van der Waals surface area (Å²) in [6, 6.07) is 12.7. The third-order valence-electron chi connectivity index (χ3n) is 7.36. The van der Waals surface area contributed by atoms with E-state index in [0.29, 0.717) is 25.7 Å². The molecule has 1 saturated carbocycles. The fourth-order valence-electron chi connectivity index (χ4n) is 5.37. The number of hydrogen-bond donors (Lipinski definition) is 1. The molecule has 1 N–H and O–H groups in total. The van der Waals surface area contributed by atoms with Gasteiger partial charge in [0, 0.05) is 21.0 Å². The van der Waals surface area contributed by atoms with Crippen LogP contribution in [0, 0.1) is 0 Å². The summed E-state index contributed by atoms with van der Waals surface area (Å²) < 4.78 is 0.854. The average molecular weight is 668 g/mol. The van der Waals surface area contributed by atoms with Crippen molar-refractivity contribution in [3.63, 3.8) is 0 Å². The monoisotopic (exact) mass is 666 g/mol. The fraction of sp³-hybridized carbons (Fsp3) is 0.290. The zero-order chi connectivity index (χ0) is 31.0. The van der Waals surface area contributed by atoms with Crippen molar-refractivity contribution < 1.29 is 14.4 Å². The molecule has 2 aromatic heterocycles. The average Bonchev–Trinajstić information content (AvgIpc) is 3.61. The van der Waals surface area contributed by atoms with Gasteiger partial charge in [0.25, 0.3) is 5.91 Å². The molecule has 9 nitrogen and oxygen atoms in total. The van der Waals surface area contributed by atoms with Crippen LogP contribution < -0.4 is 10.2 Å². The van der Waals surface area contributed by atoms with Crippen molar-refractivity contribution in [1.82, 2.24) is 15.2 Å². The molecular formula is C31H28Cl2N6O3S2. The number of halogens is 2. The van der Waals surface area contributed by atoms with Gasteiger partial charge in [-0.2, -0.15) is 4.90 Å². The molecule has 4 aromatic rings. The molecule has 44 heavy (non-hydrogen) atoms. The third-order valence-corrected chi connectivity index (χ3v) is 9.79.